The van der Waals surface area contributed by atoms with Gasteiger partial charge in [0.15, 0.2) is 5.96 Å². The summed E-state index contributed by atoms with van der Waals surface area (Å²) in [5, 5.41) is 10.8. The van der Waals surface area contributed by atoms with Crippen molar-refractivity contribution in [2.75, 3.05) is 13.1 Å². The first-order valence-electron chi connectivity index (χ1n) is 6.87. The largest absolute Gasteiger partial charge is 0.357 e. The first kappa shape index (κ1) is 14.6. The Kier molecular flexibility index (Phi) is 6.10. The van der Waals surface area contributed by atoms with Crippen molar-refractivity contribution in [3.63, 3.8) is 0 Å². The van der Waals surface area contributed by atoms with Gasteiger partial charge in [0, 0.05) is 32.0 Å². The highest BCUT2D eigenvalue weighted by atomic mass is 32.1. The van der Waals surface area contributed by atoms with E-state index in [-0.39, 0.29) is 0 Å². The fourth-order valence-electron chi connectivity index (χ4n) is 1.78. The van der Waals surface area contributed by atoms with Crippen LogP contribution in [0.2, 0.25) is 0 Å². The van der Waals surface area contributed by atoms with Crippen molar-refractivity contribution >= 4 is 17.3 Å². The molecule has 0 fully saturated rings. The van der Waals surface area contributed by atoms with Crippen molar-refractivity contribution in [1.82, 2.24) is 20.2 Å². The highest BCUT2D eigenvalue weighted by Gasteiger charge is 1.98. The molecule has 0 unspecified atom stereocenters. The van der Waals surface area contributed by atoms with Gasteiger partial charge in [0.25, 0.3) is 0 Å². The molecule has 0 aliphatic heterocycles. The van der Waals surface area contributed by atoms with Gasteiger partial charge in [-0.1, -0.05) is 0 Å². The lowest BCUT2D eigenvalue weighted by Crippen LogP contribution is -2.38. The van der Waals surface area contributed by atoms with Crippen LogP contribution < -0.4 is 10.6 Å². The summed E-state index contributed by atoms with van der Waals surface area (Å²) in [4.78, 5) is 8.60. The maximum absolute atomic E-state index is 4.57. The third-order valence-corrected chi connectivity index (χ3v) is 3.52. The Morgan fingerprint density at radius 2 is 2.40 bits per heavy atom. The molecule has 0 aliphatic carbocycles. The first-order chi connectivity index (χ1) is 9.88. The summed E-state index contributed by atoms with van der Waals surface area (Å²) in [7, 11) is 0. The Hall–Kier alpha value is -1.82. The number of aromatic nitrogens is 2. The minimum absolute atomic E-state index is 0.723. The van der Waals surface area contributed by atoms with E-state index in [0.29, 0.717) is 0 Å². The van der Waals surface area contributed by atoms with Crippen molar-refractivity contribution in [1.29, 1.82) is 0 Å². The van der Waals surface area contributed by atoms with Gasteiger partial charge in [0.1, 0.15) is 0 Å². The summed E-state index contributed by atoms with van der Waals surface area (Å²) in [6, 6.07) is 2.11. The SMILES string of the molecule is CCNC(=NCc1ccsc1)NCCCn1ccnc1. The highest BCUT2D eigenvalue weighted by Crippen LogP contribution is 2.06. The third kappa shape index (κ3) is 5.05. The number of imidazole rings is 1. The van der Waals surface area contributed by atoms with Crippen molar-refractivity contribution in [2.24, 2.45) is 4.99 Å². The van der Waals surface area contributed by atoms with E-state index in [1.54, 1.807) is 17.5 Å². The monoisotopic (exact) mass is 291 g/mol. The molecule has 2 rings (SSSR count). The number of rotatable bonds is 7. The lowest BCUT2D eigenvalue weighted by molar-refractivity contribution is 0.624. The van der Waals surface area contributed by atoms with E-state index in [0.717, 1.165) is 38.6 Å². The summed E-state index contributed by atoms with van der Waals surface area (Å²) in [6.45, 7) is 5.54. The van der Waals surface area contributed by atoms with Gasteiger partial charge in [-0.05, 0) is 35.7 Å². The van der Waals surface area contributed by atoms with Crippen LogP contribution in [-0.4, -0.2) is 28.6 Å². The average molecular weight is 291 g/mol. The predicted molar refractivity (Wildman–Crippen MR) is 84.0 cm³/mol. The van der Waals surface area contributed by atoms with Crippen LogP contribution in [0.3, 0.4) is 0 Å². The summed E-state index contributed by atoms with van der Waals surface area (Å²) in [6.07, 6.45) is 6.67. The van der Waals surface area contributed by atoms with E-state index in [2.05, 4.69) is 48.9 Å². The Labute approximate surface area is 123 Å². The molecule has 108 valence electrons. The number of hydrogen-bond donors (Lipinski definition) is 2. The highest BCUT2D eigenvalue weighted by molar-refractivity contribution is 7.07. The second-order valence-corrected chi connectivity index (χ2v) is 5.19. The number of guanidine groups is 1. The van der Waals surface area contributed by atoms with Gasteiger partial charge in [-0.3, -0.25) is 0 Å². The molecular weight excluding hydrogens is 270 g/mol. The van der Waals surface area contributed by atoms with Crippen LogP contribution in [0.4, 0.5) is 0 Å². The van der Waals surface area contributed by atoms with Gasteiger partial charge in [0.2, 0.25) is 0 Å². The molecule has 0 spiro atoms. The van der Waals surface area contributed by atoms with Crippen molar-refractivity contribution in [2.45, 2.75) is 26.4 Å². The lowest BCUT2D eigenvalue weighted by Gasteiger charge is -2.11. The molecule has 0 bridgehead atoms. The van der Waals surface area contributed by atoms with Crippen LogP contribution in [-0.2, 0) is 13.1 Å². The van der Waals surface area contributed by atoms with E-state index in [1.807, 2.05) is 12.5 Å². The quantitative estimate of drug-likeness (QED) is 0.466. The molecule has 0 aromatic carbocycles. The Morgan fingerprint density at radius 3 is 3.10 bits per heavy atom. The van der Waals surface area contributed by atoms with Crippen LogP contribution in [0.1, 0.15) is 18.9 Å². The Bertz CT molecular complexity index is 490. The van der Waals surface area contributed by atoms with Gasteiger partial charge < -0.3 is 15.2 Å². The van der Waals surface area contributed by atoms with Crippen LogP contribution in [0.5, 0.6) is 0 Å². The number of aliphatic imine (C=N–C) groups is 1. The third-order valence-electron chi connectivity index (χ3n) is 2.79. The normalized spacial score (nSPS) is 11.6. The molecular formula is C14H21N5S. The summed E-state index contributed by atoms with van der Waals surface area (Å²) in [5.74, 6) is 0.879. The average Bonchev–Trinajstić information content (AvgIpc) is 3.13. The molecule has 6 heteroatoms. The van der Waals surface area contributed by atoms with Crippen LogP contribution in [0.25, 0.3) is 0 Å². The van der Waals surface area contributed by atoms with Crippen LogP contribution in [0, 0.1) is 0 Å². The first-order valence-corrected chi connectivity index (χ1v) is 7.81. The van der Waals surface area contributed by atoms with Gasteiger partial charge in [-0.2, -0.15) is 11.3 Å². The molecule has 2 N–H and O–H groups in total. The Balaban J connectivity index is 1.72. The van der Waals surface area contributed by atoms with Gasteiger partial charge >= 0.3 is 0 Å². The molecule has 5 nitrogen and oxygen atoms in total. The van der Waals surface area contributed by atoms with E-state index < -0.39 is 0 Å². The molecule has 2 aromatic rings. The molecule has 0 amide bonds. The van der Waals surface area contributed by atoms with Crippen molar-refractivity contribution in [3.8, 4) is 0 Å². The molecule has 0 saturated carbocycles. The fraction of sp³-hybridized carbons (Fsp3) is 0.429. The minimum Gasteiger partial charge on any atom is -0.357 e. The van der Waals surface area contributed by atoms with E-state index in [1.165, 1.54) is 5.56 Å². The zero-order chi connectivity index (χ0) is 14.0. The smallest absolute Gasteiger partial charge is 0.191 e. The van der Waals surface area contributed by atoms with Gasteiger partial charge in [-0.25, -0.2) is 9.98 Å². The number of hydrogen-bond acceptors (Lipinski definition) is 3. The standard InChI is InChI=1S/C14H21N5S/c1-2-16-14(18-10-13-4-9-20-11-13)17-5-3-7-19-8-6-15-12-19/h4,6,8-9,11-12H,2-3,5,7,10H2,1H3,(H2,16,17,18). The second-order valence-electron chi connectivity index (χ2n) is 4.41. The van der Waals surface area contributed by atoms with Gasteiger partial charge in [0.05, 0.1) is 12.9 Å². The molecule has 2 heterocycles. The van der Waals surface area contributed by atoms with E-state index in [4.69, 9.17) is 0 Å². The fourth-order valence-corrected chi connectivity index (χ4v) is 2.44. The van der Waals surface area contributed by atoms with Gasteiger partial charge in [-0.15, -0.1) is 0 Å². The van der Waals surface area contributed by atoms with Crippen molar-refractivity contribution in [3.05, 3.63) is 41.1 Å². The number of thiophene rings is 1. The molecule has 2 aromatic heterocycles. The Morgan fingerprint density at radius 1 is 1.45 bits per heavy atom. The zero-order valence-corrected chi connectivity index (χ0v) is 12.6. The van der Waals surface area contributed by atoms with E-state index >= 15 is 0 Å². The molecule has 0 radical (unpaired) electrons. The molecule has 0 saturated heterocycles. The number of nitrogens with one attached hydrogen (secondary N) is 2. The second kappa shape index (κ2) is 8.37. The summed E-state index contributed by atoms with van der Waals surface area (Å²) < 4.78 is 2.08. The van der Waals surface area contributed by atoms with E-state index in [9.17, 15) is 0 Å². The lowest BCUT2D eigenvalue weighted by atomic mass is 10.3. The maximum atomic E-state index is 4.57. The van der Waals surface area contributed by atoms with Crippen LogP contribution >= 0.6 is 11.3 Å². The number of aryl methyl sites for hydroxylation is 1. The van der Waals surface area contributed by atoms with Crippen LogP contribution in [0.15, 0.2) is 40.5 Å². The van der Waals surface area contributed by atoms with Crippen molar-refractivity contribution < 1.29 is 0 Å². The topological polar surface area (TPSA) is 54.2 Å². The molecule has 20 heavy (non-hydrogen) atoms. The summed E-state index contributed by atoms with van der Waals surface area (Å²) in [5.41, 5.74) is 1.26. The maximum Gasteiger partial charge on any atom is 0.191 e. The summed E-state index contributed by atoms with van der Waals surface area (Å²) >= 11 is 1.71. The number of nitrogens with zero attached hydrogens (tertiary/aromatic N) is 3. The molecule has 0 atom stereocenters. The molecule has 0 aliphatic rings. The minimum atomic E-state index is 0.723. The zero-order valence-electron chi connectivity index (χ0n) is 11.7. The predicted octanol–water partition coefficient (Wildman–Crippen LogP) is 2.09.